The van der Waals surface area contributed by atoms with Gasteiger partial charge in [-0.05, 0) is 38.0 Å². The molecule has 1 aliphatic carbocycles. The average Bonchev–Trinajstić information content (AvgIpc) is 3.03. The average molecular weight is 322 g/mol. The molecule has 1 spiro atoms. The van der Waals surface area contributed by atoms with Gasteiger partial charge in [0.2, 0.25) is 11.0 Å². The van der Waals surface area contributed by atoms with Crippen LogP contribution in [0.25, 0.3) is 0 Å². The molecular weight excluding hydrogens is 300 g/mol. The molecule has 1 aromatic heterocycles. The van der Waals surface area contributed by atoms with Crippen molar-refractivity contribution in [3.63, 3.8) is 0 Å². The first kappa shape index (κ1) is 14.4. The van der Waals surface area contributed by atoms with Crippen LogP contribution in [0.1, 0.15) is 32.1 Å². The van der Waals surface area contributed by atoms with E-state index in [1.165, 1.54) is 12.8 Å². The van der Waals surface area contributed by atoms with E-state index < -0.39 is 0 Å². The van der Waals surface area contributed by atoms with Crippen LogP contribution in [0.3, 0.4) is 0 Å². The molecule has 120 valence electrons. The Bertz CT molecular complexity index is 534. The molecule has 7 heteroatoms. The zero-order valence-electron chi connectivity index (χ0n) is 12.7. The number of piperidine rings is 1. The molecule has 2 atom stereocenters. The molecular formula is C15H22N4O2S. The molecule has 1 amide bonds. The predicted octanol–water partition coefficient (Wildman–Crippen LogP) is 1.44. The topological polar surface area (TPSA) is 67.4 Å². The molecule has 0 aromatic carbocycles. The van der Waals surface area contributed by atoms with Crippen LogP contribution in [-0.4, -0.2) is 48.4 Å². The Morgan fingerprint density at radius 1 is 1.55 bits per heavy atom. The van der Waals surface area contributed by atoms with Crippen LogP contribution >= 0.6 is 11.3 Å². The number of ether oxygens (including phenoxy) is 1. The first-order valence-electron chi connectivity index (χ1n) is 8.15. The van der Waals surface area contributed by atoms with E-state index >= 15 is 0 Å². The lowest BCUT2D eigenvalue weighted by atomic mass is 9.78. The summed E-state index contributed by atoms with van der Waals surface area (Å²) in [6.45, 7) is 3.45. The molecule has 1 saturated carbocycles. The van der Waals surface area contributed by atoms with Gasteiger partial charge < -0.3 is 15.0 Å². The lowest BCUT2D eigenvalue weighted by molar-refractivity contribution is -0.130. The van der Waals surface area contributed by atoms with Crippen molar-refractivity contribution < 1.29 is 9.53 Å². The van der Waals surface area contributed by atoms with Crippen LogP contribution in [0.2, 0.25) is 0 Å². The van der Waals surface area contributed by atoms with Crippen molar-refractivity contribution in [3.05, 3.63) is 5.51 Å². The summed E-state index contributed by atoms with van der Waals surface area (Å²) in [6, 6.07) is 0. The van der Waals surface area contributed by atoms with Crippen molar-refractivity contribution in [1.82, 2.24) is 15.5 Å². The van der Waals surface area contributed by atoms with Crippen molar-refractivity contribution in [1.29, 1.82) is 0 Å². The third-order valence-electron chi connectivity index (χ3n) is 5.04. The Morgan fingerprint density at radius 2 is 2.45 bits per heavy atom. The van der Waals surface area contributed by atoms with Gasteiger partial charge in [-0.3, -0.25) is 4.79 Å². The second-order valence-electron chi connectivity index (χ2n) is 6.94. The Morgan fingerprint density at radius 3 is 3.23 bits per heavy atom. The lowest BCUT2D eigenvalue weighted by Crippen LogP contribution is -2.44. The van der Waals surface area contributed by atoms with E-state index in [1.807, 2.05) is 0 Å². The Balaban J connectivity index is 1.36. The van der Waals surface area contributed by atoms with Crippen molar-refractivity contribution in [2.75, 3.05) is 31.1 Å². The van der Waals surface area contributed by atoms with Gasteiger partial charge in [-0.15, -0.1) is 10.2 Å². The van der Waals surface area contributed by atoms with E-state index in [1.54, 1.807) is 16.8 Å². The number of carbonyl (C=O) groups is 1. The van der Waals surface area contributed by atoms with Gasteiger partial charge in [0.15, 0.2) is 0 Å². The van der Waals surface area contributed by atoms with Crippen molar-refractivity contribution in [2.45, 2.75) is 38.2 Å². The van der Waals surface area contributed by atoms with E-state index in [9.17, 15) is 4.79 Å². The third-order valence-corrected chi connectivity index (χ3v) is 5.79. The van der Waals surface area contributed by atoms with E-state index in [4.69, 9.17) is 4.74 Å². The van der Waals surface area contributed by atoms with E-state index in [2.05, 4.69) is 20.4 Å². The molecule has 1 N–H and O–H groups in total. The number of rotatable bonds is 4. The molecule has 6 nitrogen and oxygen atoms in total. The van der Waals surface area contributed by atoms with Crippen molar-refractivity contribution >= 4 is 22.4 Å². The highest BCUT2D eigenvalue weighted by Crippen LogP contribution is 2.42. The largest absolute Gasteiger partial charge is 0.368 e. The van der Waals surface area contributed by atoms with Gasteiger partial charge >= 0.3 is 0 Å². The Hall–Kier alpha value is -1.21. The fourth-order valence-electron chi connectivity index (χ4n) is 3.60. The normalized spacial score (nSPS) is 31.6. The monoisotopic (exact) mass is 322 g/mol. The first-order valence-corrected chi connectivity index (χ1v) is 9.03. The number of amides is 1. The van der Waals surface area contributed by atoms with Gasteiger partial charge in [0.1, 0.15) is 11.6 Å². The molecule has 1 aromatic rings. The molecule has 3 fully saturated rings. The molecule has 3 heterocycles. The maximum atomic E-state index is 12.2. The number of carbonyl (C=O) groups excluding carboxylic acids is 1. The van der Waals surface area contributed by atoms with E-state index in [0.29, 0.717) is 12.5 Å². The molecule has 0 unspecified atom stereocenters. The minimum absolute atomic E-state index is 0.0804. The molecule has 3 aliphatic rings. The fraction of sp³-hybridized carbons (Fsp3) is 0.800. The molecule has 0 bridgehead atoms. The highest BCUT2D eigenvalue weighted by atomic mass is 32.1. The zero-order valence-corrected chi connectivity index (χ0v) is 13.5. The van der Waals surface area contributed by atoms with Gasteiger partial charge in [0, 0.05) is 25.0 Å². The second kappa shape index (κ2) is 5.77. The summed E-state index contributed by atoms with van der Waals surface area (Å²) in [6.07, 6.45) is 5.33. The smallest absolute Gasteiger partial charge is 0.249 e. The maximum absolute atomic E-state index is 12.2. The van der Waals surface area contributed by atoms with Gasteiger partial charge in [0.05, 0.1) is 6.61 Å². The molecule has 2 saturated heterocycles. The van der Waals surface area contributed by atoms with Crippen LogP contribution in [0, 0.1) is 11.3 Å². The highest BCUT2D eigenvalue weighted by Gasteiger charge is 2.46. The maximum Gasteiger partial charge on any atom is 0.249 e. The minimum atomic E-state index is -0.270. The van der Waals surface area contributed by atoms with Crippen LogP contribution in [0.15, 0.2) is 5.51 Å². The van der Waals surface area contributed by atoms with E-state index in [-0.39, 0.29) is 17.4 Å². The van der Waals surface area contributed by atoms with Crippen LogP contribution < -0.4 is 10.2 Å². The Labute approximate surface area is 134 Å². The van der Waals surface area contributed by atoms with Gasteiger partial charge in [-0.25, -0.2) is 0 Å². The van der Waals surface area contributed by atoms with Gasteiger partial charge in [-0.1, -0.05) is 11.3 Å². The predicted molar refractivity (Wildman–Crippen MR) is 83.9 cm³/mol. The van der Waals surface area contributed by atoms with Crippen LogP contribution in [-0.2, 0) is 9.53 Å². The fourth-order valence-corrected chi connectivity index (χ4v) is 4.19. The minimum Gasteiger partial charge on any atom is -0.368 e. The van der Waals surface area contributed by atoms with Crippen LogP contribution in [0.5, 0.6) is 0 Å². The molecule has 2 aliphatic heterocycles. The van der Waals surface area contributed by atoms with Crippen LogP contribution in [0.4, 0.5) is 5.13 Å². The number of anilines is 1. The summed E-state index contributed by atoms with van der Waals surface area (Å²) < 4.78 is 5.86. The van der Waals surface area contributed by atoms with Crippen molar-refractivity contribution in [2.24, 2.45) is 11.3 Å². The first-order chi connectivity index (χ1) is 10.7. The third kappa shape index (κ3) is 2.96. The van der Waals surface area contributed by atoms with Gasteiger partial charge in [-0.2, -0.15) is 0 Å². The second-order valence-corrected chi connectivity index (χ2v) is 7.75. The summed E-state index contributed by atoms with van der Waals surface area (Å²) in [5, 5.41) is 12.1. The summed E-state index contributed by atoms with van der Waals surface area (Å²) in [5.74, 6) is 0.790. The standard InChI is InChI=1S/C15H22N4O2S/c20-13(16-7-11-2-3-11)12-6-15(9-21-12)4-1-5-19(8-15)14-18-17-10-22-14/h10-12H,1-9H2,(H,16,20)/t12-,15-/m1/s1. The lowest BCUT2D eigenvalue weighted by Gasteiger charge is -2.39. The molecule has 22 heavy (non-hydrogen) atoms. The number of hydrogen-bond acceptors (Lipinski definition) is 6. The number of nitrogens with zero attached hydrogens (tertiary/aromatic N) is 3. The summed E-state index contributed by atoms with van der Waals surface area (Å²) in [5.41, 5.74) is 1.88. The number of hydrogen-bond donors (Lipinski definition) is 1. The number of nitrogens with one attached hydrogen (secondary N) is 1. The molecule has 4 rings (SSSR count). The van der Waals surface area contributed by atoms with Crippen molar-refractivity contribution in [3.8, 4) is 0 Å². The summed E-state index contributed by atoms with van der Waals surface area (Å²) in [7, 11) is 0. The highest BCUT2D eigenvalue weighted by molar-refractivity contribution is 7.13. The number of aromatic nitrogens is 2. The Kier molecular flexibility index (Phi) is 3.78. The summed E-state index contributed by atoms with van der Waals surface area (Å²) >= 11 is 1.58. The summed E-state index contributed by atoms with van der Waals surface area (Å²) in [4.78, 5) is 14.5. The molecule has 0 radical (unpaired) electrons. The van der Waals surface area contributed by atoms with E-state index in [0.717, 1.165) is 44.0 Å². The SMILES string of the molecule is O=C(NCC1CC1)[C@H]1C[C@@]2(CCCN(c3nncs3)C2)CO1. The van der Waals surface area contributed by atoms with Gasteiger partial charge in [0.25, 0.3) is 0 Å². The zero-order chi connectivity index (χ0) is 15.0. The quantitative estimate of drug-likeness (QED) is 0.908.